The summed E-state index contributed by atoms with van der Waals surface area (Å²) < 4.78 is 1.99. The Hall–Kier alpha value is -1.65. The van der Waals surface area contributed by atoms with E-state index < -0.39 is 0 Å². The summed E-state index contributed by atoms with van der Waals surface area (Å²) in [5.74, 6) is 1.94. The zero-order chi connectivity index (χ0) is 13.8. The van der Waals surface area contributed by atoms with Crippen LogP contribution in [0.3, 0.4) is 0 Å². The highest BCUT2D eigenvalue weighted by atomic mass is 15.3. The SMILES string of the molecule is C[C@H](n1ncc2c(N)nc(C3CC3)nc21)C(C)(C)C. The Morgan fingerprint density at radius 1 is 1.32 bits per heavy atom. The van der Waals surface area contributed by atoms with Crippen LogP contribution >= 0.6 is 0 Å². The van der Waals surface area contributed by atoms with Crippen molar-refractivity contribution in [3.63, 3.8) is 0 Å². The van der Waals surface area contributed by atoms with E-state index in [1.54, 1.807) is 6.20 Å². The minimum absolute atomic E-state index is 0.123. The lowest BCUT2D eigenvalue weighted by Gasteiger charge is -2.27. The minimum atomic E-state index is 0.123. The van der Waals surface area contributed by atoms with Crippen LogP contribution in [0.15, 0.2) is 6.20 Å². The molecule has 0 radical (unpaired) electrons. The number of hydrogen-bond acceptors (Lipinski definition) is 4. The van der Waals surface area contributed by atoms with Crippen LogP contribution in [0.4, 0.5) is 5.82 Å². The first-order valence-electron chi connectivity index (χ1n) is 6.88. The number of nitrogens with two attached hydrogens (primary N) is 1. The molecule has 0 saturated heterocycles. The fraction of sp³-hybridized carbons (Fsp3) is 0.643. The summed E-state index contributed by atoms with van der Waals surface area (Å²) in [6, 6.07) is 0.256. The maximum absolute atomic E-state index is 6.04. The van der Waals surface area contributed by atoms with Crippen molar-refractivity contribution < 1.29 is 0 Å². The smallest absolute Gasteiger partial charge is 0.163 e. The third-order valence-corrected chi connectivity index (χ3v) is 4.06. The number of fused-ring (bicyclic) bond motifs is 1. The highest BCUT2D eigenvalue weighted by Crippen LogP contribution is 2.39. The van der Waals surface area contributed by atoms with Crippen LogP contribution in [0.2, 0.25) is 0 Å². The van der Waals surface area contributed by atoms with Crippen molar-refractivity contribution in [1.82, 2.24) is 19.7 Å². The number of nitrogen functional groups attached to an aromatic ring is 1. The second-order valence-corrected chi connectivity index (χ2v) is 6.61. The van der Waals surface area contributed by atoms with E-state index in [0.29, 0.717) is 11.7 Å². The summed E-state index contributed by atoms with van der Waals surface area (Å²) in [4.78, 5) is 9.11. The Labute approximate surface area is 113 Å². The molecular formula is C14H21N5. The second-order valence-electron chi connectivity index (χ2n) is 6.61. The number of hydrogen-bond donors (Lipinski definition) is 1. The molecule has 5 heteroatoms. The summed E-state index contributed by atoms with van der Waals surface area (Å²) in [6.07, 6.45) is 4.13. The van der Waals surface area contributed by atoms with Crippen LogP contribution in [-0.4, -0.2) is 19.7 Å². The molecule has 0 spiro atoms. The monoisotopic (exact) mass is 259 g/mol. The van der Waals surface area contributed by atoms with Gasteiger partial charge in [0.15, 0.2) is 5.65 Å². The van der Waals surface area contributed by atoms with Crippen molar-refractivity contribution in [2.45, 2.75) is 52.5 Å². The Kier molecular flexibility index (Phi) is 2.56. The maximum atomic E-state index is 6.04. The van der Waals surface area contributed by atoms with Gasteiger partial charge >= 0.3 is 0 Å². The van der Waals surface area contributed by atoms with Gasteiger partial charge in [-0.25, -0.2) is 14.6 Å². The Bertz CT molecular complexity index is 619. The quantitative estimate of drug-likeness (QED) is 0.900. The van der Waals surface area contributed by atoms with E-state index in [0.717, 1.165) is 16.9 Å². The van der Waals surface area contributed by atoms with Crippen molar-refractivity contribution in [3.05, 3.63) is 12.0 Å². The second kappa shape index (κ2) is 3.92. The maximum Gasteiger partial charge on any atom is 0.163 e. The number of anilines is 1. The van der Waals surface area contributed by atoms with E-state index in [2.05, 4.69) is 37.8 Å². The average molecular weight is 259 g/mol. The highest BCUT2D eigenvalue weighted by molar-refractivity contribution is 5.85. The van der Waals surface area contributed by atoms with Gasteiger partial charge in [-0.2, -0.15) is 5.10 Å². The first-order chi connectivity index (χ1) is 8.88. The zero-order valence-corrected chi connectivity index (χ0v) is 12.0. The lowest BCUT2D eigenvalue weighted by atomic mass is 9.88. The molecular weight excluding hydrogens is 238 g/mol. The molecule has 19 heavy (non-hydrogen) atoms. The Morgan fingerprint density at radius 2 is 2.00 bits per heavy atom. The fourth-order valence-corrected chi connectivity index (χ4v) is 2.14. The van der Waals surface area contributed by atoms with E-state index >= 15 is 0 Å². The van der Waals surface area contributed by atoms with Crippen LogP contribution in [0.25, 0.3) is 11.0 Å². The van der Waals surface area contributed by atoms with Crippen LogP contribution < -0.4 is 5.73 Å². The van der Waals surface area contributed by atoms with E-state index in [9.17, 15) is 0 Å². The summed E-state index contributed by atoms with van der Waals surface area (Å²) in [5.41, 5.74) is 7.04. The fourth-order valence-electron chi connectivity index (χ4n) is 2.14. The normalized spacial score (nSPS) is 17.9. The Balaban J connectivity index is 2.15. The van der Waals surface area contributed by atoms with Crippen molar-refractivity contribution >= 4 is 16.9 Å². The molecule has 1 aliphatic rings. The van der Waals surface area contributed by atoms with Crippen molar-refractivity contribution in [3.8, 4) is 0 Å². The standard InChI is InChI=1S/C14H21N5/c1-8(14(2,3)4)19-13-10(7-16-19)11(15)17-12(18-13)9-5-6-9/h7-9H,5-6H2,1-4H3,(H2,15,17,18)/t8-/m0/s1. The Morgan fingerprint density at radius 3 is 2.58 bits per heavy atom. The van der Waals surface area contributed by atoms with E-state index in [1.165, 1.54) is 12.8 Å². The molecule has 2 aromatic heterocycles. The molecule has 1 atom stereocenters. The number of rotatable bonds is 2. The molecule has 1 saturated carbocycles. The number of nitrogens with zero attached hydrogens (tertiary/aromatic N) is 4. The van der Waals surface area contributed by atoms with Crippen molar-refractivity contribution in [2.75, 3.05) is 5.73 Å². The molecule has 0 aromatic carbocycles. The van der Waals surface area contributed by atoms with Gasteiger partial charge in [0.25, 0.3) is 0 Å². The topological polar surface area (TPSA) is 69.6 Å². The van der Waals surface area contributed by atoms with Crippen molar-refractivity contribution in [1.29, 1.82) is 0 Å². The zero-order valence-electron chi connectivity index (χ0n) is 12.0. The van der Waals surface area contributed by atoms with E-state index in [-0.39, 0.29) is 11.5 Å². The molecule has 0 aliphatic heterocycles. The molecule has 2 N–H and O–H groups in total. The molecule has 5 nitrogen and oxygen atoms in total. The van der Waals surface area contributed by atoms with Crippen LogP contribution in [0.5, 0.6) is 0 Å². The van der Waals surface area contributed by atoms with Gasteiger partial charge in [0.1, 0.15) is 11.6 Å². The van der Waals surface area contributed by atoms with Gasteiger partial charge in [0, 0.05) is 5.92 Å². The van der Waals surface area contributed by atoms with Crippen molar-refractivity contribution in [2.24, 2.45) is 5.41 Å². The van der Waals surface area contributed by atoms with Gasteiger partial charge in [0.2, 0.25) is 0 Å². The molecule has 0 amide bonds. The molecule has 1 aliphatic carbocycles. The molecule has 0 unspecified atom stereocenters. The van der Waals surface area contributed by atoms with Gasteiger partial charge in [0.05, 0.1) is 17.6 Å². The average Bonchev–Trinajstić information content (AvgIpc) is 3.07. The highest BCUT2D eigenvalue weighted by Gasteiger charge is 2.29. The summed E-state index contributed by atoms with van der Waals surface area (Å²) in [5, 5.41) is 5.34. The van der Waals surface area contributed by atoms with E-state index in [1.807, 2.05) is 4.68 Å². The summed E-state index contributed by atoms with van der Waals surface area (Å²) in [7, 11) is 0. The summed E-state index contributed by atoms with van der Waals surface area (Å²) in [6.45, 7) is 8.79. The van der Waals surface area contributed by atoms with E-state index in [4.69, 9.17) is 10.7 Å². The lowest BCUT2D eigenvalue weighted by Crippen LogP contribution is -2.22. The van der Waals surface area contributed by atoms with Gasteiger partial charge < -0.3 is 5.73 Å². The van der Waals surface area contributed by atoms with Crippen LogP contribution in [0.1, 0.15) is 58.3 Å². The minimum Gasteiger partial charge on any atom is -0.383 e. The lowest BCUT2D eigenvalue weighted by molar-refractivity contribution is 0.249. The first-order valence-corrected chi connectivity index (χ1v) is 6.88. The summed E-state index contributed by atoms with van der Waals surface area (Å²) >= 11 is 0. The van der Waals surface area contributed by atoms with Gasteiger partial charge in [-0.15, -0.1) is 0 Å². The molecule has 1 fully saturated rings. The third kappa shape index (κ3) is 2.07. The molecule has 3 rings (SSSR count). The largest absolute Gasteiger partial charge is 0.383 e. The van der Waals surface area contributed by atoms with Crippen LogP contribution in [0, 0.1) is 5.41 Å². The first kappa shape index (κ1) is 12.4. The van der Waals surface area contributed by atoms with Gasteiger partial charge in [-0.3, -0.25) is 0 Å². The molecule has 0 bridgehead atoms. The third-order valence-electron chi connectivity index (χ3n) is 4.06. The van der Waals surface area contributed by atoms with Crippen LogP contribution in [-0.2, 0) is 0 Å². The predicted octanol–water partition coefficient (Wildman–Crippen LogP) is 2.89. The number of aromatic nitrogens is 4. The van der Waals surface area contributed by atoms with Gasteiger partial charge in [-0.1, -0.05) is 20.8 Å². The predicted molar refractivity (Wildman–Crippen MR) is 75.9 cm³/mol. The molecule has 102 valence electrons. The molecule has 2 aromatic rings. The molecule has 2 heterocycles. The van der Waals surface area contributed by atoms with Gasteiger partial charge in [-0.05, 0) is 25.2 Å².